The third kappa shape index (κ3) is 3.24. The molecular formula is C25H23NO2. The van der Waals surface area contributed by atoms with Gasteiger partial charge in [-0.1, -0.05) is 73.5 Å². The van der Waals surface area contributed by atoms with Crippen molar-refractivity contribution in [3.63, 3.8) is 0 Å². The third-order valence-corrected chi connectivity index (χ3v) is 5.75. The van der Waals surface area contributed by atoms with Crippen LogP contribution in [0.5, 0.6) is 0 Å². The maximum atomic E-state index is 12.7. The molecule has 0 aliphatic heterocycles. The SMILES string of the molecule is O=CN(c1ccc(C(=O)c2ccccc2)cc1)C1(c2ccccc2)CCCC1. The summed E-state index contributed by atoms with van der Waals surface area (Å²) in [5.41, 5.74) is 2.97. The van der Waals surface area contributed by atoms with Gasteiger partial charge < -0.3 is 4.90 Å². The molecule has 1 saturated carbocycles. The zero-order valence-electron chi connectivity index (χ0n) is 15.8. The predicted molar refractivity (Wildman–Crippen MR) is 111 cm³/mol. The number of carbonyl (C=O) groups excluding carboxylic acids is 2. The van der Waals surface area contributed by atoms with Crippen LogP contribution in [0.4, 0.5) is 5.69 Å². The predicted octanol–water partition coefficient (Wildman–Crippen LogP) is 5.35. The van der Waals surface area contributed by atoms with Gasteiger partial charge in [0.1, 0.15) is 0 Å². The van der Waals surface area contributed by atoms with Crippen LogP contribution in [0.25, 0.3) is 0 Å². The number of anilines is 1. The monoisotopic (exact) mass is 369 g/mol. The second-order valence-corrected chi connectivity index (χ2v) is 7.32. The molecule has 0 N–H and O–H groups in total. The Labute approximate surface area is 165 Å². The lowest BCUT2D eigenvalue weighted by Gasteiger charge is -2.39. The van der Waals surface area contributed by atoms with Crippen LogP contribution in [0.3, 0.4) is 0 Å². The highest BCUT2D eigenvalue weighted by Crippen LogP contribution is 2.45. The summed E-state index contributed by atoms with van der Waals surface area (Å²) in [5.74, 6) is -0.0107. The first-order chi connectivity index (χ1) is 13.7. The largest absolute Gasteiger partial charge is 0.305 e. The van der Waals surface area contributed by atoms with E-state index in [1.54, 1.807) is 0 Å². The Bertz CT molecular complexity index is 943. The third-order valence-electron chi connectivity index (χ3n) is 5.75. The number of hydrogen-bond acceptors (Lipinski definition) is 2. The highest BCUT2D eigenvalue weighted by molar-refractivity contribution is 6.09. The molecule has 0 heterocycles. The Morgan fingerprint density at radius 3 is 1.86 bits per heavy atom. The van der Waals surface area contributed by atoms with Crippen LogP contribution in [0.1, 0.15) is 47.2 Å². The average molecular weight is 369 g/mol. The van der Waals surface area contributed by atoms with E-state index in [0.29, 0.717) is 11.1 Å². The first-order valence-corrected chi connectivity index (χ1v) is 9.75. The molecule has 0 aromatic heterocycles. The standard InChI is InChI=1S/C25H23NO2/c27-19-26(25(17-7-8-18-25)22-11-5-2-6-12-22)23-15-13-21(14-16-23)24(28)20-9-3-1-4-10-20/h1-6,9-16,19H,7-8,17-18H2. The van der Waals surface area contributed by atoms with E-state index < -0.39 is 0 Å². The van der Waals surface area contributed by atoms with Gasteiger partial charge in [-0.05, 0) is 42.7 Å². The van der Waals surface area contributed by atoms with Crippen molar-refractivity contribution in [3.05, 3.63) is 102 Å². The number of ketones is 1. The Morgan fingerprint density at radius 1 is 0.750 bits per heavy atom. The summed E-state index contributed by atoms with van der Waals surface area (Å²) < 4.78 is 0. The molecule has 0 unspecified atom stereocenters. The van der Waals surface area contributed by atoms with Crippen molar-refractivity contribution in [1.82, 2.24) is 0 Å². The molecule has 1 aliphatic carbocycles. The molecule has 3 nitrogen and oxygen atoms in total. The van der Waals surface area contributed by atoms with E-state index in [4.69, 9.17) is 0 Å². The number of nitrogens with zero attached hydrogens (tertiary/aromatic N) is 1. The molecule has 0 spiro atoms. The van der Waals surface area contributed by atoms with Gasteiger partial charge in [0, 0.05) is 16.8 Å². The highest BCUT2D eigenvalue weighted by atomic mass is 16.1. The molecule has 0 atom stereocenters. The van der Waals surface area contributed by atoms with Crippen molar-refractivity contribution in [3.8, 4) is 0 Å². The fourth-order valence-electron chi connectivity index (χ4n) is 4.32. The fourth-order valence-corrected chi connectivity index (χ4v) is 4.32. The normalized spacial score (nSPS) is 15.1. The smallest absolute Gasteiger partial charge is 0.214 e. The second kappa shape index (κ2) is 7.81. The fraction of sp³-hybridized carbons (Fsp3) is 0.200. The van der Waals surface area contributed by atoms with E-state index in [2.05, 4.69) is 12.1 Å². The van der Waals surface area contributed by atoms with Gasteiger partial charge in [0.15, 0.2) is 5.78 Å². The van der Waals surface area contributed by atoms with Crippen LogP contribution in [0.2, 0.25) is 0 Å². The average Bonchev–Trinajstić information content (AvgIpc) is 3.26. The van der Waals surface area contributed by atoms with E-state index in [-0.39, 0.29) is 11.3 Å². The zero-order chi connectivity index (χ0) is 19.4. The van der Waals surface area contributed by atoms with Gasteiger partial charge in [-0.2, -0.15) is 0 Å². The number of hydrogen-bond donors (Lipinski definition) is 0. The topological polar surface area (TPSA) is 37.4 Å². The van der Waals surface area contributed by atoms with Gasteiger partial charge in [0.05, 0.1) is 5.54 Å². The van der Waals surface area contributed by atoms with Crippen molar-refractivity contribution in [2.24, 2.45) is 0 Å². The molecular weight excluding hydrogens is 346 g/mol. The van der Waals surface area contributed by atoms with Crippen LogP contribution in [0.15, 0.2) is 84.9 Å². The van der Waals surface area contributed by atoms with E-state index in [1.807, 2.05) is 77.7 Å². The summed E-state index contributed by atoms with van der Waals surface area (Å²) in [5, 5.41) is 0. The molecule has 0 saturated heterocycles. The van der Waals surface area contributed by atoms with Crippen LogP contribution >= 0.6 is 0 Å². The molecule has 1 aliphatic rings. The van der Waals surface area contributed by atoms with E-state index in [0.717, 1.165) is 37.8 Å². The molecule has 0 radical (unpaired) electrons. The van der Waals surface area contributed by atoms with E-state index >= 15 is 0 Å². The van der Waals surface area contributed by atoms with Gasteiger partial charge in [0.2, 0.25) is 6.41 Å². The van der Waals surface area contributed by atoms with Crippen molar-refractivity contribution < 1.29 is 9.59 Å². The first-order valence-electron chi connectivity index (χ1n) is 9.75. The Hall–Kier alpha value is -3.20. The summed E-state index contributed by atoms with van der Waals surface area (Å²) in [6, 6.07) is 26.9. The van der Waals surface area contributed by atoms with Gasteiger partial charge in [-0.15, -0.1) is 0 Å². The van der Waals surface area contributed by atoms with Crippen molar-refractivity contribution >= 4 is 17.9 Å². The minimum absolute atomic E-state index is 0.0107. The number of rotatable bonds is 6. The summed E-state index contributed by atoms with van der Waals surface area (Å²) in [7, 11) is 0. The Kier molecular flexibility index (Phi) is 5.07. The Morgan fingerprint density at radius 2 is 1.29 bits per heavy atom. The molecule has 3 heteroatoms. The van der Waals surface area contributed by atoms with Gasteiger partial charge in [-0.3, -0.25) is 9.59 Å². The quantitative estimate of drug-likeness (QED) is 0.434. The van der Waals surface area contributed by atoms with Gasteiger partial charge >= 0.3 is 0 Å². The second-order valence-electron chi connectivity index (χ2n) is 7.32. The molecule has 3 aromatic carbocycles. The van der Waals surface area contributed by atoms with Crippen molar-refractivity contribution in [1.29, 1.82) is 0 Å². The molecule has 1 amide bonds. The molecule has 3 aromatic rings. The molecule has 28 heavy (non-hydrogen) atoms. The lowest BCUT2D eigenvalue weighted by molar-refractivity contribution is -0.108. The summed E-state index contributed by atoms with van der Waals surface area (Å²) in [6.07, 6.45) is 5.03. The van der Waals surface area contributed by atoms with Crippen LogP contribution < -0.4 is 4.90 Å². The van der Waals surface area contributed by atoms with Crippen LogP contribution in [-0.2, 0) is 10.3 Å². The highest BCUT2D eigenvalue weighted by Gasteiger charge is 2.41. The van der Waals surface area contributed by atoms with Crippen molar-refractivity contribution in [2.45, 2.75) is 31.2 Å². The van der Waals surface area contributed by atoms with Crippen LogP contribution in [-0.4, -0.2) is 12.2 Å². The molecule has 0 bridgehead atoms. The lowest BCUT2D eigenvalue weighted by atomic mass is 9.86. The minimum Gasteiger partial charge on any atom is -0.305 e. The number of carbonyl (C=O) groups is 2. The Balaban J connectivity index is 1.67. The van der Waals surface area contributed by atoms with Crippen molar-refractivity contribution in [2.75, 3.05) is 4.90 Å². The number of amides is 1. The summed E-state index contributed by atoms with van der Waals surface area (Å²) in [6.45, 7) is 0. The summed E-state index contributed by atoms with van der Waals surface area (Å²) >= 11 is 0. The maximum absolute atomic E-state index is 12.7. The van der Waals surface area contributed by atoms with Gasteiger partial charge in [-0.25, -0.2) is 0 Å². The van der Waals surface area contributed by atoms with E-state index in [1.165, 1.54) is 5.56 Å². The molecule has 4 rings (SSSR count). The maximum Gasteiger partial charge on any atom is 0.214 e. The molecule has 1 fully saturated rings. The minimum atomic E-state index is -0.312. The van der Waals surface area contributed by atoms with Gasteiger partial charge in [0.25, 0.3) is 0 Å². The zero-order valence-corrected chi connectivity index (χ0v) is 15.8. The lowest BCUT2D eigenvalue weighted by Crippen LogP contribution is -2.43. The molecule has 140 valence electrons. The van der Waals surface area contributed by atoms with Crippen LogP contribution in [0, 0.1) is 0 Å². The number of benzene rings is 3. The first kappa shape index (κ1) is 18.2. The van der Waals surface area contributed by atoms with E-state index in [9.17, 15) is 9.59 Å². The summed E-state index contributed by atoms with van der Waals surface area (Å²) in [4.78, 5) is 26.7.